The van der Waals surface area contributed by atoms with Crippen molar-refractivity contribution in [2.75, 3.05) is 5.32 Å². The van der Waals surface area contributed by atoms with E-state index in [9.17, 15) is 25.0 Å². The van der Waals surface area contributed by atoms with Crippen LogP contribution in [-0.2, 0) is 0 Å². The van der Waals surface area contributed by atoms with Gasteiger partial charge >= 0.3 is 5.82 Å². The summed E-state index contributed by atoms with van der Waals surface area (Å²) in [6.07, 6.45) is 0. The van der Waals surface area contributed by atoms with Crippen LogP contribution in [0.25, 0.3) is 0 Å². The number of benzene rings is 1. The van der Waals surface area contributed by atoms with Crippen molar-refractivity contribution in [3.63, 3.8) is 0 Å². The number of nitro benzene ring substituents is 1. The number of aromatic nitrogens is 2. The van der Waals surface area contributed by atoms with E-state index in [1.54, 1.807) is 0 Å². The molecular formula is C10H4Br2ClN5O5. The van der Waals surface area contributed by atoms with Crippen molar-refractivity contribution >= 4 is 66.6 Å². The Hall–Kier alpha value is -2.05. The summed E-state index contributed by atoms with van der Waals surface area (Å²) in [5.41, 5.74) is -0.395. The number of carbonyl (C=O) groups is 1. The quantitative estimate of drug-likeness (QED) is 0.517. The molecule has 1 aromatic carbocycles. The summed E-state index contributed by atoms with van der Waals surface area (Å²) in [6.45, 7) is 0. The van der Waals surface area contributed by atoms with Crippen molar-refractivity contribution in [2.24, 2.45) is 0 Å². The van der Waals surface area contributed by atoms with Gasteiger partial charge in [0.15, 0.2) is 10.7 Å². The molecule has 2 aromatic rings. The van der Waals surface area contributed by atoms with Gasteiger partial charge in [-0.3, -0.25) is 14.9 Å². The molecule has 1 heterocycles. The number of non-ortho nitro benzene ring substituents is 1. The molecule has 0 fully saturated rings. The molecule has 0 spiro atoms. The summed E-state index contributed by atoms with van der Waals surface area (Å²) in [7, 11) is 0. The minimum absolute atomic E-state index is 0.183. The molecule has 0 atom stereocenters. The highest BCUT2D eigenvalue weighted by Gasteiger charge is 2.26. The number of nitro groups is 2. The molecule has 10 nitrogen and oxygen atoms in total. The minimum atomic E-state index is -0.824. The molecule has 13 heteroatoms. The Bertz CT molecular complexity index is 816. The highest BCUT2D eigenvalue weighted by molar-refractivity contribution is 9.11. The molecule has 0 radical (unpaired) electrons. The molecule has 2 N–H and O–H groups in total. The van der Waals surface area contributed by atoms with Crippen molar-refractivity contribution in [3.05, 3.63) is 52.0 Å². The minimum Gasteiger partial charge on any atom is -0.358 e. The van der Waals surface area contributed by atoms with Crippen LogP contribution in [0.4, 0.5) is 17.2 Å². The summed E-state index contributed by atoms with van der Waals surface area (Å²) in [5.74, 6) is -1.44. The first-order chi connectivity index (χ1) is 10.7. The number of carbonyl (C=O) groups excluding carboxylic acids is 1. The fourth-order valence-corrected chi connectivity index (χ4v) is 3.15. The Morgan fingerprint density at radius 2 is 1.78 bits per heavy atom. The monoisotopic (exact) mass is 467 g/mol. The first kappa shape index (κ1) is 17.3. The van der Waals surface area contributed by atoms with Crippen LogP contribution in [0.5, 0.6) is 0 Å². The maximum atomic E-state index is 12.1. The molecule has 0 aliphatic rings. The van der Waals surface area contributed by atoms with E-state index in [1.165, 1.54) is 12.1 Å². The van der Waals surface area contributed by atoms with Gasteiger partial charge in [-0.25, -0.2) is 0 Å². The van der Waals surface area contributed by atoms with E-state index in [0.717, 1.165) is 0 Å². The van der Waals surface area contributed by atoms with Gasteiger partial charge in [0.1, 0.15) is 0 Å². The molecule has 0 saturated heterocycles. The first-order valence-corrected chi connectivity index (χ1v) is 7.51. The predicted molar refractivity (Wildman–Crippen MR) is 86.7 cm³/mol. The Kier molecular flexibility index (Phi) is 4.97. The molecule has 0 aliphatic carbocycles. The van der Waals surface area contributed by atoms with Gasteiger partial charge in [0.25, 0.3) is 11.6 Å². The van der Waals surface area contributed by atoms with E-state index in [4.69, 9.17) is 11.6 Å². The Morgan fingerprint density at radius 1 is 1.22 bits per heavy atom. The van der Waals surface area contributed by atoms with Gasteiger partial charge in [-0.2, -0.15) is 0 Å². The van der Waals surface area contributed by atoms with Crippen molar-refractivity contribution in [1.82, 2.24) is 10.2 Å². The maximum Gasteiger partial charge on any atom is 0.362 e. The zero-order valence-electron chi connectivity index (χ0n) is 10.7. The lowest BCUT2D eigenvalue weighted by Gasteiger charge is -2.08. The fraction of sp³-hybridized carbons (Fsp3) is 0. The maximum absolute atomic E-state index is 12.1. The number of H-pyrrole nitrogens is 1. The molecule has 120 valence electrons. The van der Waals surface area contributed by atoms with Crippen LogP contribution in [0.3, 0.4) is 0 Å². The van der Waals surface area contributed by atoms with Crippen LogP contribution in [0.2, 0.25) is 5.02 Å². The molecule has 1 amide bonds. The Labute approximate surface area is 148 Å². The molecule has 2 rings (SSSR count). The number of nitrogens with zero attached hydrogens (tertiary/aromatic N) is 3. The van der Waals surface area contributed by atoms with Gasteiger partial charge in [-0.15, -0.1) is 5.10 Å². The number of anilines is 1. The zero-order valence-corrected chi connectivity index (χ0v) is 14.6. The van der Waals surface area contributed by atoms with Gasteiger partial charge in [0.2, 0.25) is 0 Å². The fourth-order valence-electron chi connectivity index (χ4n) is 1.55. The number of nitrogens with one attached hydrogen (secondary N) is 2. The third-order valence-electron chi connectivity index (χ3n) is 2.56. The first-order valence-electron chi connectivity index (χ1n) is 5.55. The van der Waals surface area contributed by atoms with Crippen molar-refractivity contribution in [2.45, 2.75) is 0 Å². The molecular weight excluding hydrogens is 465 g/mol. The SMILES string of the molecule is O=C(Nc1c(Br)cc([N+](=O)[O-])cc1Br)c1n[nH]c([N+](=O)[O-])c1Cl. The van der Waals surface area contributed by atoms with Crippen molar-refractivity contribution in [3.8, 4) is 0 Å². The Morgan fingerprint density at radius 3 is 2.22 bits per heavy atom. The second kappa shape index (κ2) is 6.60. The second-order valence-electron chi connectivity index (χ2n) is 3.99. The van der Waals surface area contributed by atoms with Crippen LogP contribution < -0.4 is 5.32 Å². The molecule has 0 bridgehead atoms. The molecule has 0 saturated carbocycles. The largest absolute Gasteiger partial charge is 0.362 e. The number of halogens is 3. The van der Waals surface area contributed by atoms with Crippen LogP contribution >= 0.6 is 43.5 Å². The van der Waals surface area contributed by atoms with Crippen LogP contribution in [-0.4, -0.2) is 26.0 Å². The van der Waals surface area contributed by atoms with Crippen molar-refractivity contribution < 1.29 is 14.6 Å². The summed E-state index contributed by atoms with van der Waals surface area (Å²) in [4.78, 5) is 32.1. The smallest absolute Gasteiger partial charge is 0.358 e. The van der Waals surface area contributed by atoms with E-state index in [0.29, 0.717) is 0 Å². The van der Waals surface area contributed by atoms with Gasteiger partial charge in [-0.05, 0) is 36.8 Å². The predicted octanol–water partition coefficient (Wildman–Crippen LogP) is 3.66. The third-order valence-corrected chi connectivity index (χ3v) is 4.17. The van der Waals surface area contributed by atoms with Crippen LogP contribution in [0.1, 0.15) is 10.5 Å². The van der Waals surface area contributed by atoms with Crippen molar-refractivity contribution in [1.29, 1.82) is 0 Å². The summed E-state index contributed by atoms with van der Waals surface area (Å²) in [5, 5.41) is 28.9. The van der Waals surface area contributed by atoms with E-state index < -0.39 is 26.6 Å². The normalized spacial score (nSPS) is 10.4. The molecule has 0 aliphatic heterocycles. The molecule has 1 aromatic heterocycles. The highest BCUT2D eigenvalue weighted by atomic mass is 79.9. The summed E-state index contributed by atoms with van der Waals surface area (Å²) >= 11 is 11.9. The highest BCUT2D eigenvalue weighted by Crippen LogP contribution is 2.36. The van der Waals surface area contributed by atoms with Crippen LogP contribution in [0.15, 0.2) is 21.1 Å². The average molecular weight is 469 g/mol. The van der Waals surface area contributed by atoms with E-state index >= 15 is 0 Å². The van der Waals surface area contributed by atoms with Gasteiger partial charge < -0.3 is 15.4 Å². The standard InChI is InChI=1S/C10H4Br2ClN5O5/c11-4-1-3(17(20)21)2-5(12)7(4)14-10(19)8-6(13)9(16-15-8)18(22)23/h1-2H,(H,14,19)(H,15,16). The lowest BCUT2D eigenvalue weighted by atomic mass is 10.2. The van der Waals surface area contributed by atoms with E-state index in [-0.39, 0.29) is 26.0 Å². The lowest BCUT2D eigenvalue weighted by Crippen LogP contribution is -2.14. The summed E-state index contributed by atoms with van der Waals surface area (Å²) < 4.78 is 0.459. The number of hydrogen-bond acceptors (Lipinski definition) is 6. The molecule has 23 heavy (non-hydrogen) atoms. The number of amides is 1. The third kappa shape index (κ3) is 3.48. The van der Waals surface area contributed by atoms with E-state index in [2.05, 4.69) is 42.3 Å². The van der Waals surface area contributed by atoms with Gasteiger partial charge in [0.05, 0.1) is 10.6 Å². The molecule has 0 unspecified atom stereocenters. The van der Waals surface area contributed by atoms with E-state index in [1.807, 2.05) is 5.10 Å². The van der Waals surface area contributed by atoms with Gasteiger partial charge in [-0.1, -0.05) is 16.7 Å². The number of rotatable bonds is 4. The lowest BCUT2D eigenvalue weighted by molar-refractivity contribution is -0.389. The van der Waals surface area contributed by atoms with Crippen LogP contribution in [0, 0.1) is 20.2 Å². The number of aromatic amines is 1. The summed E-state index contributed by atoms with van der Waals surface area (Å²) in [6, 6.07) is 2.38. The zero-order chi connectivity index (χ0) is 17.3. The van der Waals surface area contributed by atoms with Gasteiger partial charge in [0, 0.05) is 21.1 Å². The average Bonchev–Trinajstić information content (AvgIpc) is 2.84. The number of hydrogen-bond donors (Lipinski definition) is 2. The topological polar surface area (TPSA) is 144 Å². The second-order valence-corrected chi connectivity index (χ2v) is 6.07. The Balaban J connectivity index is 2.34.